The number of benzene rings is 1. The fourth-order valence-electron chi connectivity index (χ4n) is 4.24. The molecule has 0 spiro atoms. The normalized spacial score (nSPS) is 16.0. The molecule has 28 heavy (non-hydrogen) atoms. The molecule has 1 aromatic carbocycles. The zero-order valence-electron chi connectivity index (χ0n) is 16.5. The van der Waals surface area contributed by atoms with Gasteiger partial charge in [0, 0.05) is 17.2 Å². The summed E-state index contributed by atoms with van der Waals surface area (Å²) in [5.74, 6) is 0.538. The highest BCUT2D eigenvalue weighted by Gasteiger charge is 2.26. The van der Waals surface area contributed by atoms with E-state index in [1.165, 1.54) is 9.71 Å². The fraction of sp³-hybridized carbons (Fsp3) is 0.409. The number of aryl methyl sites for hydroxylation is 1. The quantitative estimate of drug-likeness (QED) is 0.646. The number of carbonyl (C=O) groups is 2. The minimum atomic E-state index is 0.00180. The number of likely N-dealkylation sites (tertiary alicyclic amines) is 1. The highest BCUT2D eigenvalue weighted by molar-refractivity contribution is 7.18. The molecule has 0 atom stereocenters. The van der Waals surface area contributed by atoms with Gasteiger partial charge in [-0.1, -0.05) is 12.1 Å². The van der Waals surface area contributed by atoms with Gasteiger partial charge >= 0.3 is 0 Å². The van der Waals surface area contributed by atoms with Gasteiger partial charge in [0.25, 0.3) is 0 Å². The Bertz CT molecular complexity index is 1010. The third-order valence-corrected chi connectivity index (χ3v) is 6.88. The van der Waals surface area contributed by atoms with E-state index in [0.29, 0.717) is 23.7 Å². The van der Waals surface area contributed by atoms with E-state index < -0.39 is 0 Å². The lowest BCUT2D eigenvalue weighted by Gasteiger charge is -2.30. The number of hydrogen-bond donors (Lipinski definition) is 1. The summed E-state index contributed by atoms with van der Waals surface area (Å²) in [5, 5.41) is 1.22. The van der Waals surface area contributed by atoms with Crippen LogP contribution in [0.5, 0.6) is 0 Å². The number of rotatable bonds is 5. The summed E-state index contributed by atoms with van der Waals surface area (Å²) in [5.41, 5.74) is 3.87. The van der Waals surface area contributed by atoms with Crippen LogP contribution in [0, 0.1) is 13.8 Å². The Hall–Kier alpha value is -2.31. The van der Waals surface area contributed by atoms with Crippen LogP contribution < -0.4 is 0 Å². The lowest BCUT2D eigenvalue weighted by atomic mass is 9.97. The molecule has 1 aliphatic rings. The molecule has 2 aromatic heterocycles. The van der Waals surface area contributed by atoms with E-state index >= 15 is 0 Å². The molecule has 0 saturated carbocycles. The van der Waals surface area contributed by atoms with Crippen molar-refractivity contribution in [3.63, 3.8) is 0 Å². The molecule has 3 aromatic rings. The molecule has 0 aliphatic carbocycles. The zero-order valence-corrected chi connectivity index (χ0v) is 17.4. The van der Waals surface area contributed by atoms with Crippen molar-refractivity contribution in [1.29, 1.82) is 0 Å². The van der Waals surface area contributed by atoms with E-state index in [0.717, 1.165) is 42.7 Å². The average Bonchev–Trinajstić information content (AvgIpc) is 3.23. The van der Waals surface area contributed by atoms with E-state index in [2.05, 4.69) is 28.1 Å². The SMILES string of the molecule is CC(=O)c1c(C)[nH]c(C(=O)CN2CCC(c3nc4ccccc4s3)CC2)c1C. The molecule has 0 bridgehead atoms. The van der Waals surface area contributed by atoms with E-state index in [-0.39, 0.29) is 11.6 Å². The van der Waals surface area contributed by atoms with Gasteiger partial charge in [0.2, 0.25) is 0 Å². The van der Waals surface area contributed by atoms with Crippen molar-refractivity contribution < 1.29 is 9.59 Å². The minimum Gasteiger partial charge on any atom is -0.355 e. The number of hydrogen-bond acceptors (Lipinski definition) is 5. The highest BCUT2D eigenvalue weighted by Crippen LogP contribution is 2.33. The summed E-state index contributed by atoms with van der Waals surface area (Å²) in [7, 11) is 0. The van der Waals surface area contributed by atoms with Crippen LogP contribution in [0.1, 0.15) is 62.8 Å². The number of nitrogens with one attached hydrogen (secondary N) is 1. The predicted octanol–water partition coefficient (Wildman–Crippen LogP) is 4.51. The predicted molar refractivity (Wildman–Crippen MR) is 113 cm³/mol. The van der Waals surface area contributed by atoms with Gasteiger partial charge in [0.1, 0.15) is 0 Å². The van der Waals surface area contributed by atoms with Crippen molar-refractivity contribution in [2.45, 2.75) is 39.5 Å². The summed E-state index contributed by atoms with van der Waals surface area (Å²) < 4.78 is 1.24. The lowest BCUT2D eigenvalue weighted by molar-refractivity contribution is 0.0904. The standard InChI is InChI=1S/C22H25N3O2S/c1-13-20(15(3)26)14(2)23-21(13)18(27)12-25-10-8-16(9-11-25)22-24-17-6-4-5-7-19(17)28-22/h4-7,16,23H,8-12H2,1-3H3. The van der Waals surface area contributed by atoms with Gasteiger partial charge in [-0.3, -0.25) is 14.5 Å². The second-order valence-corrected chi connectivity index (χ2v) is 8.74. The van der Waals surface area contributed by atoms with Gasteiger partial charge in [0.05, 0.1) is 27.5 Å². The summed E-state index contributed by atoms with van der Waals surface area (Å²) in [6.07, 6.45) is 2.04. The molecule has 1 N–H and O–H groups in total. The second-order valence-electron chi connectivity index (χ2n) is 7.67. The van der Waals surface area contributed by atoms with Crippen LogP contribution in [0.25, 0.3) is 10.2 Å². The molecular formula is C22H25N3O2S. The van der Waals surface area contributed by atoms with E-state index in [1.54, 1.807) is 18.3 Å². The van der Waals surface area contributed by atoms with Crippen molar-refractivity contribution in [1.82, 2.24) is 14.9 Å². The van der Waals surface area contributed by atoms with Gasteiger partial charge < -0.3 is 4.98 Å². The first-order valence-electron chi connectivity index (χ1n) is 9.75. The van der Waals surface area contributed by atoms with E-state index in [1.807, 2.05) is 19.9 Å². The number of fused-ring (bicyclic) bond motifs is 1. The minimum absolute atomic E-state index is 0.00180. The Balaban J connectivity index is 1.40. The van der Waals surface area contributed by atoms with E-state index in [9.17, 15) is 9.59 Å². The number of Topliss-reactive ketones (excluding diaryl/α,β-unsaturated/α-hetero) is 2. The maximum Gasteiger partial charge on any atom is 0.193 e. The molecule has 5 nitrogen and oxygen atoms in total. The first-order valence-corrected chi connectivity index (χ1v) is 10.6. The fourth-order valence-corrected chi connectivity index (χ4v) is 5.38. The average molecular weight is 396 g/mol. The van der Waals surface area contributed by atoms with Gasteiger partial charge in [-0.05, 0) is 64.4 Å². The molecule has 146 valence electrons. The van der Waals surface area contributed by atoms with Crippen LogP contribution in [0.4, 0.5) is 0 Å². The van der Waals surface area contributed by atoms with Gasteiger partial charge in [-0.25, -0.2) is 4.98 Å². The van der Waals surface area contributed by atoms with E-state index in [4.69, 9.17) is 4.98 Å². The molecular weight excluding hydrogens is 370 g/mol. The number of aromatic amines is 1. The van der Waals surface area contributed by atoms with Crippen LogP contribution in [0.15, 0.2) is 24.3 Å². The van der Waals surface area contributed by atoms with Crippen LogP contribution >= 0.6 is 11.3 Å². The van der Waals surface area contributed by atoms with Crippen molar-refractivity contribution >= 4 is 33.1 Å². The Morgan fingerprint density at radius 1 is 1.21 bits per heavy atom. The van der Waals surface area contributed by atoms with Crippen LogP contribution in [-0.2, 0) is 0 Å². The van der Waals surface area contributed by atoms with Crippen LogP contribution in [0.2, 0.25) is 0 Å². The first-order chi connectivity index (χ1) is 13.4. The molecule has 1 fully saturated rings. The Morgan fingerprint density at radius 2 is 1.93 bits per heavy atom. The van der Waals surface area contributed by atoms with Crippen LogP contribution in [-0.4, -0.2) is 46.1 Å². The highest BCUT2D eigenvalue weighted by atomic mass is 32.1. The Labute approximate surface area is 168 Å². The molecule has 0 amide bonds. The van der Waals surface area contributed by atoms with Crippen molar-refractivity contribution in [3.05, 3.63) is 51.8 Å². The number of aromatic nitrogens is 2. The third kappa shape index (κ3) is 3.54. The zero-order chi connectivity index (χ0) is 19.8. The first kappa shape index (κ1) is 19.0. The number of thiazole rings is 1. The molecule has 1 saturated heterocycles. The second kappa shape index (κ2) is 7.60. The summed E-state index contributed by atoms with van der Waals surface area (Å²) in [4.78, 5) is 34.8. The van der Waals surface area contributed by atoms with Crippen molar-refractivity contribution in [3.8, 4) is 0 Å². The maximum atomic E-state index is 12.8. The summed E-state index contributed by atoms with van der Waals surface area (Å²) in [6.45, 7) is 7.43. The molecule has 0 unspecified atom stereocenters. The Kier molecular flexibility index (Phi) is 5.17. The number of carbonyl (C=O) groups excluding carboxylic acids is 2. The van der Waals surface area contributed by atoms with Crippen molar-refractivity contribution in [2.24, 2.45) is 0 Å². The molecule has 0 radical (unpaired) electrons. The largest absolute Gasteiger partial charge is 0.355 e. The van der Waals surface area contributed by atoms with Gasteiger partial charge in [-0.2, -0.15) is 0 Å². The number of piperidine rings is 1. The number of nitrogens with zero attached hydrogens (tertiary/aromatic N) is 2. The van der Waals surface area contributed by atoms with Crippen LogP contribution in [0.3, 0.4) is 0 Å². The molecule has 6 heteroatoms. The third-order valence-electron chi connectivity index (χ3n) is 5.68. The lowest BCUT2D eigenvalue weighted by Crippen LogP contribution is -2.37. The smallest absolute Gasteiger partial charge is 0.193 e. The van der Waals surface area contributed by atoms with Crippen molar-refractivity contribution in [2.75, 3.05) is 19.6 Å². The van der Waals surface area contributed by atoms with Gasteiger partial charge in [-0.15, -0.1) is 11.3 Å². The number of H-pyrrole nitrogens is 1. The number of ketones is 2. The molecule has 3 heterocycles. The summed E-state index contributed by atoms with van der Waals surface area (Å²) >= 11 is 1.79. The monoisotopic (exact) mass is 395 g/mol. The summed E-state index contributed by atoms with van der Waals surface area (Å²) in [6, 6.07) is 8.28. The maximum absolute atomic E-state index is 12.8. The molecule has 1 aliphatic heterocycles. The molecule has 4 rings (SSSR count). The van der Waals surface area contributed by atoms with Gasteiger partial charge in [0.15, 0.2) is 11.6 Å². The topological polar surface area (TPSA) is 66.1 Å². The number of para-hydroxylation sites is 1. The Morgan fingerprint density at radius 3 is 2.57 bits per heavy atom.